The highest BCUT2D eigenvalue weighted by molar-refractivity contribution is 7.42. The van der Waals surface area contributed by atoms with Crippen LogP contribution in [0.3, 0.4) is 0 Å². The molecule has 1 aromatic carbocycles. The summed E-state index contributed by atoms with van der Waals surface area (Å²) in [5.41, 5.74) is 1.21. The fraction of sp³-hybridized carbons (Fsp3) is 0.538. The van der Waals surface area contributed by atoms with Gasteiger partial charge in [0.1, 0.15) is 5.75 Å². The Morgan fingerprint density at radius 1 is 0.941 bits per heavy atom. The minimum absolute atomic E-state index is 0.595. The summed E-state index contributed by atoms with van der Waals surface area (Å²) in [5, 5.41) is 0. The van der Waals surface area contributed by atoms with Crippen molar-refractivity contribution in [2.45, 2.75) is 34.6 Å². The molecular weight excluding hydrogens is 235 g/mol. The first-order chi connectivity index (χ1) is 8.26. The van der Waals surface area contributed by atoms with Crippen molar-refractivity contribution in [2.75, 3.05) is 13.2 Å². The second-order valence-electron chi connectivity index (χ2n) is 2.96. The van der Waals surface area contributed by atoms with Gasteiger partial charge in [-0.2, -0.15) is 0 Å². The lowest BCUT2D eigenvalue weighted by atomic mass is 10.2. The minimum atomic E-state index is -1.25. The van der Waals surface area contributed by atoms with Crippen LogP contribution >= 0.6 is 8.60 Å². The van der Waals surface area contributed by atoms with Crippen LogP contribution in [0.5, 0.6) is 5.75 Å². The van der Waals surface area contributed by atoms with Crippen LogP contribution in [0.4, 0.5) is 0 Å². The zero-order valence-corrected chi connectivity index (χ0v) is 12.3. The van der Waals surface area contributed by atoms with Crippen molar-refractivity contribution in [1.29, 1.82) is 0 Å². The van der Waals surface area contributed by atoms with E-state index in [0.717, 1.165) is 5.75 Å². The van der Waals surface area contributed by atoms with Gasteiger partial charge in [-0.1, -0.05) is 31.5 Å². The van der Waals surface area contributed by atoms with Gasteiger partial charge >= 0.3 is 8.60 Å². The highest BCUT2D eigenvalue weighted by Crippen LogP contribution is 2.40. The quantitative estimate of drug-likeness (QED) is 0.692. The molecule has 0 aromatic heterocycles. The number of aryl methyl sites for hydroxylation is 1. The molecule has 98 valence electrons. The third-order valence-electron chi connectivity index (χ3n) is 1.67. The summed E-state index contributed by atoms with van der Waals surface area (Å²) >= 11 is 0. The first-order valence-corrected chi connectivity index (χ1v) is 7.16. The molecule has 0 fully saturated rings. The first kappa shape index (κ1) is 16.4. The Kier molecular flexibility index (Phi) is 10.1. The monoisotopic (exact) mass is 258 g/mol. The van der Waals surface area contributed by atoms with Crippen LogP contribution in [0.15, 0.2) is 24.3 Å². The van der Waals surface area contributed by atoms with Crippen molar-refractivity contribution in [1.82, 2.24) is 0 Å². The summed E-state index contributed by atoms with van der Waals surface area (Å²) < 4.78 is 16.2. The summed E-state index contributed by atoms with van der Waals surface area (Å²) in [5.74, 6) is 0.786. The van der Waals surface area contributed by atoms with E-state index in [1.165, 1.54) is 5.56 Å². The lowest BCUT2D eigenvalue weighted by Gasteiger charge is -2.15. The van der Waals surface area contributed by atoms with Gasteiger partial charge in [-0.3, -0.25) is 0 Å². The molecule has 0 unspecified atom stereocenters. The van der Waals surface area contributed by atoms with E-state index >= 15 is 0 Å². The smallest absolute Gasteiger partial charge is 0.397 e. The van der Waals surface area contributed by atoms with Gasteiger partial charge in [-0.25, -0.2) is 0 Å². The van der Waals surface area contributed by atoms with Crippen molar-refractivity contribution in [2.24, 2.45) is 0 Å². The SMILES string of the molecule is CC.CCOP(OCC)Oc1ccc(C)cc1. The second kappa shape index (κ2) is 10.5. The molecule has 0 aliphatic rings. The lowest BCUT2D eigenvalue weighted by molar-refractivity contribution is 0.221. The van der Waals surface area contributed by atoms with E-state index in [0.29, 0.717) is 13.2 Å². The fourth-order valence-corrected chi connectivity index (χ4v) is 1.88. The Morgan fingerprint density at radius 2 is 1.41 bits per heavy atom. The molecule has 0 saturated carbocycles. The maximum absolute atomic E-state index is 5.57. The van der Waals surface area contributed by atoms with E-state index < -0.39 is 8.60 Å². The number of hydrogen-bond acceptors (Lipinski definition) is 3. The Morgan fingerprint density at radius 3 is 1.82 bits per heavy atom. The first-order valence-electron chi connectivity index (χ1n) is 6.06. The maximum atomic E-state index is 5.57. The van der Waals surface area contributed by atoms with E-state index in [1.54, 1.807) is 0 Å². The third-order valence-corrected chi connectivity index (χ3v) is 2.97. The molecule has 1 rings (SSSR count). The predicted octanol–water partition coefficient (Wildman–Crippen LogP) is 4.70. The minimum Gasteiger partial charge on any atom is -0.427 e. The normalized spacial score (nSPS) is 9.76. The summed E-state index contributed by atoms with van der Waals surface area (Å²) in [7, 11) is -1.25. The topological polar surface area (TPSA) is 27.7 Å². The lowest BCUT2D eigenvalue weighted by Crippen LogP contribution is -1.97. The molecule has 0 heterocycles. The zero-order valence-electron chi connectivity index (χ0n) is 11.4. The third kappa shape index (κ3) is 7.32. The molecule has 1 aromatic rings. The number of hydrogen-bond donors (Lipinski definition) is 0. The van der Waals surface area contributed by atoms with Gasteiger partial charge in [0.15, 0.2) is 0 Å². The van der Waals surface area contributed by atoms with E-state index in [-0.39, 0.29) is 0 Å². The molecule has 0 aliphatic heterocycles. The number of rotatable bonds is 6. The molecule has 0 radical (unpaired) electrons. The molecule has 0 saturated heterocycles. The Balaban J connectivity index is 0.00000121. The van der Waals surface area contributed by atoms with E-state index in [1.807, 2.05) is 58.9 Å². The van der Waals surface area contributed by atoms with Gasteiger partial charge in [0, 0.05) is 0 Å². The van der Waals surface area contributed by atoms with Gasteiger partial charge in [0.25, 0.3) is 0 Å². The van der Waals surface area contributed by atoms with Crippen molar-refractivity contribution < 1.29 is 13.6 Å². The highest BCUT2D eigenvalue weighted by Gasteiger charge is 2.12. The van der Waals surface area contributed by atoms with Crippen LogP contribution in [0.25, 0.3) is 0 Å². The van der Waals surface area contributed by atoms with Crippen molar-refractivity contribution in [3.05, 3.63) is 29.8 Å². The average molecular weight is 258 g/mol. The van der Waals surface area contributed by atoms with Gasteiger partial charge in [-0.05, 0) is 32.9 Å². The Labute approximate surface area is 106 Å². The van der Waals surface area contributed by atoms with Crippen LogP contribution < -0.4 is 4.52 Å². The molecule has 3 nitrogen and oxygen atoms in total. The number of benzene rings is 1. The molecule has 0 N–H and O–H groups in total. The van der Waals surface area contributed by atoms with Crippen LogP contribution in [-0.4, -0.2) is 13.2 Å². The second-order valence-corrected chi connectivity index (χ2v) is 4.11. The van der Waals surface area contributed by atoms with Crippen molar-refractivity contribution >= 4 is 8.60 Å². The molecule has 0 amide bonds. The van der Waals surface area contributed by atoms with Gasteiger partial charge < -0.3 is 13.6 Å². The molecule has 0 aliphatic carbocycles. The molecule has 0 bridgehead atoms. The fourth-order valence-electron chi connectivity index (χ4n) is 0.986. The standard InChI is InChI=1S/C11H17O3P.C2H6/c1-4-12-15(13-5-2)14-11-8-6-10(3)7-9-11;1-2/h6-9H,4-5H2,1-3H3;1-2H3. The van der Waals surface area contributed by atoms with Gasteiger partial charge in [0.05, 0.1) is 13.2 Å². The highest BCUT2D eigenvalue weighted by atomic mass is 31.2. The van der Waals surface area contributed by atoms with Crippen LogP contribution in [0, 0.1) is 6.92 Å². The van der Waals surface area contributed by atoms with Gasteiger partial charge in [0.2, 0.25) is 0 Å². The van der Waals surface area contributed by atoms with Crippen LogP contribution in [0.2, 0.25) is 0 Å². The van der Waals surface area contributed by atoms with E-state index in [9.17, 15) is 0 Å². The summed E-state index contributed by atoms with van der Waals surface area (Å²) in [6, 6.07) is 7.84. The molecule has 4 heteroatoms. The maximum Gasteiger partial charge on any atom is 0.397 e. The zero-order chi connectivity index (χ0) is 13.1. The van der Waals surface area contributed by atoms with Crippen molar-refractivity contribution in [3.63, 3.8) is 0 Å². The Bertz CT molecular complexity index is 268. The van der Waals surface area contributed by atoms with Crippen LogP contribution in [-0.2, 0) is 9.05 Å². The summed E-state index contributed by atoms with van der Waals surface area (Å²) in [4.78, 5) is 0. The molecule has 0 spiro atoms. The molecular formula is C13H23O3P. The van der Waals surface area contributed by atoms with Gasteiger partial charge in [-0.15, -0.1) is 0 Å². The Hall–Kier alpha value is -0.630. The van der Waals surface area contributed by atoms with E-state index in [2.05, 4.69) is 0 Å². The largest absolute Gasteiger partial charge is 0.427 e. The van der Waals surface area contributed by atoms with Crippen molar-refractivity contribution in [3.8, 4) is 5.75 Å². The van der Waals surface area contributed by atoms with Crippen LogP contribution in [0.1, 0.15) is 33.3 Å². The molecule has 0 atom stereocenters. The summed E-state index contributed by atoms with van der Waals surface area (Å²) in [6.07, 6.45) is 0. The molecule has 17 heavy (non-hydrogen) atoms. The average Bonchev–Trinajstić information content (AvgIpc) is 2.35. The van der Waals surface area contributed by atoms with E-state index in [4.69, 9.17) is 13.6 Å². The predicted molar refractivity (Wildman–Crippen MR) is 73.3 cm³/mol. The summed E-state index contributed by atoms with van der Waals surface area (Å²) in [6.45, 7) is 11.1.